The van der Waals surface area contributed by atoms with Crippen molar-refractivity contribution in [2.24, 2.45) is 5.92 Å². The monoisotopic (exact) mass is 267 g/mol. The summed E-state index contributed by atoms with van der Waals surface area (Å²) in [5.41, 5.74) is 0.770. The number of hydrogen-bond donors (Lipinski definition) is 1. The van der Waals surface area contributed by atoms with E-state index in [2.05, 4.69) is 5.10 Å². The quantitative estimate of drug-likeness (QED) is 0.627. The maximum atomic E-state index is 11.4. The summed E-state index contributed by atoms with van der Waals surface area (Å²) in [6, 6.07) is -0.769. The van der Waals surface area contributed by atoms with E-state index in [9.17, 15) is 20.0 Å². The van der Waals surface area contributed by atoms with E-state index in [1.165, 1.54) is 4.68 Å². The van der Waals surface area contributed by atoms with Gasteiger partial charge in [0.25, 0.3) is 0 Å². The van der Waals surface area contributed by atoms with Crippen LogP contribution >= 0.6 is 0 Å². The van der Waals surface area contributed by atoms with Crippen LogP contribution in [0.1, 0.15) is 44.1 Å². The van der Waals surface area contributed by atoms with E-state index in [-0.39, 0.29) is 11.6 Å². The van der Waals surface area contributed by atoms with Gasteiger partial charge < -0.3 is 5.11 Å². The van der Waals surface area contributed by atoms with Gasteiger partial charge in [-0.25, -0.2) is 9.48 Å². The molecular formula is C12H17N3O4. The van der Waals surface area contributed by atoms with E-state index < -0.39 is 16.9 Å². The second-order valence-corrected chi connectivity index (χ2v) is 4.77. The third-order valence-electron chi connectivity index (χ3n) is 3.49. The van der Waals surface area contributed by atoms with Crippen molar-refractivity contribution in [3.63, 3.8) is 0 Å². The average molecular weight is 267 g/mol. The Morgan fingerprint density at radius 3 is 2.53 bits per heavy atom. The molecule has 2 rings (SSSR count). The molecule has 0 aliphatic heterocycles. The number of hydrogen-bond acceptors (Lipinski definition) is 4. The van der Waals surface area contributed by atoms with Gasteiger partial charge in [0, 0.05) is 0 Å². The summed E-state index contributed by atoms with van der Waals surface area (Å²) >= 11 is 0. The normalized spacial score (nSPS) is 16.3. The Morgan fingerprint density at radius 2 is 2.16 bits per heavy atom. The molecule has 1 atom stereocenters. The number of nitro groups is 1. The van der Waals surface area contributed by atoms with Crippen molar-refractivity contribution in [3.8, 4) is 0 Å². The van der Waals surface area contributed by atoms with Gasteiger partial charge in [0.15, 0.2) is 6.04 Å². The van der Waals surface area contributed by atoms with Crippen molar-refractivity contribution >= 4 is 11.7 Å². The van der Waals surface area contributed by atoms with Gasteiger partial charge in [0.05, 0.1) is 4.92 Å². The highest BCUT2D eigenvalue weighted by Gasteiger charge is 2.41. The Hall–Kier alpha value is -1.92. The number of nitrogens with zero attached hydrogens (tertiary/aromatic N) is 3. The molecule has 7 heteroatoms. The molecule has 1 aliphatic carbocycles. The molecule has 1 heterocycles. The third-order valence-corrected chi connectivity index (χ3v) is 3.49. The summed E-state index contributed by atoms with van der Waals surface area (Å²) in [7, 11) is 0. The van der Waals surface area contributed by atoms with Crippen molar-refractivity contribution < 1.29 is 14.8 Å². The van der Waals surface area contributed by atoms with E-state index in [0.29, 0.717) is 24.2 Å². The van der Waals surface area contributed by atoms with Gasteiger partial charge in [-0.15, -0.1) is 0 Å². The minimum Gasteiger partial charge on any atom is -0.480 e. The number of aliphatic carboxylic acids is 1. The van der Waals surface area contributed by atoms with Crippen LogP contribution < -0.4 is 0 Å². The van der Waals surface area contributed by atoms with Gasteiger partial charge in [-0.3, -0.25) is 10.1 Å². The van der Waals surface area contributed by atoms with E-state index in [1.807, 2.05) is 0 Å². The molecule has 0 spiro atoms. The molecule has 1 fully saturated rings. The number of carboxylic acid groups (broad SMARTS) is 1. The lowest BCUT2D eigenvalue weighted by molar-refractivity contribution is -0.386. The number of aryl methyl sites for hydroxylation is 1. The van der Waals surface area contributed by atoms with Gasteiger partial charge in [0.1, 0.15) is 11.4 Å². The molecule has 1 unspecified atom stereocenters. The number of rotatable bonds is 6. The van der Waals surface area contributed by atoms with E-state index in [0.717, 1.165) is 12.8 Å². The lowest BCUT2D eigenvalue weighted by atomic mass is 10.1. The topological polar surface area (TPSA) is 98.3 Å². The Bertz CT molecular complexity index is 519. The maximum Gasteiger partial charge on any atom is 0.328 e. The molecule has 1 aromatic rings. The van der Waals surface area contributed by atoms with Gasteiger partial charge in [-0.1, -0.05) is 13.8 Å². The fraction of sp³-hybridized carbons (Fsp3) is 0.667. The van der Waals surface area contributed by atoms with Gasteiger partial charge in [-0.05, 0) is 31.6 Å². The fourth-order valence-electron chi connectivity index (χ4n) is 2.44. The zero-order valence-electron chi connectivity index (χ0n) is 11.0. The summed E-state index contributed by atoms with van der Waals surface area (Å²) in [6.45, 7) is 3.57. The van der Waals surface area contributed by atoms with Crippen LogP contribution in [0.3, 0.4) is 0 Å². The molecule has 7 nitrogen and oxygen atoms in total. The van der Waals surface area contributed by atoms with Crippen molar-refractivity contribution in [1.29, 1.82) is 0 Å². The molecule has 0 saturated heterocycles. The highest BCUT2D eigenvalue weighted by molar-refractivity contribution is 5.73. The zero-order valence-corrected chi connectivity index (χ0v) is 11.0. The maximum absolute atomic E-state index is 11.4. The standard InChI is InChI=1S/C12H17N3O4/c1-3-8-11(15(18)19)9(4-2)14(13-8)10(12(16)17)7-5-6-7/h7,10H,3-6H2,1-2H3,(H,16,17). The molecule has 1 aliphatic rings. The fourth-order valence-corrected chi connectivity index (χ4v) is 2.44. The number of carbonyl (C=O) groups is 1. The molecule has 0 radical (unpaired) electrons. The molecule has 1 N–H and O–H groups in total. The van der Waals surface area contributed by atoms with E-state index in [4.69, 9.17) is 0 Å². The average Bonchev–Trinajstić information content (AvgIpc) is 3.08. The molecule has 0 amide bonds. The third kappa shape index (κ3) is 2.32. The van der Waals surface area contributed by atoms with Crippen LogP contribution in [-0.2, 0) is 17.6 Å². The molecule has 19 heavy (non-hydrogen) atoms. The summed E-state index contributed by atoms with van der Waals surface area (Å²) in [4.78, 5) is 22.1. The van der Waals surface area contributed by atoms with Crippen LogP contribution in [0.4, 0.5) is 5.69 Å². The summed E-state index contributed by atoms with van der Waals surface area (Å²) in [5, 5.41) is 24.7. The van der Waals surface area contributed by atoms with Crippen molar-refractivity contribution in [3.05, 3.63) is 21.5 Å². The molecule has 1 aromatic heterocycles. The van der Waals surface area contributed by atoms with Gasteiger partial charge in [0.2, 0.25) is 0 Å². The van der Waals surface area contributed by atoms with Crippen LogP contribution in [0.15, 0.2) is 0 Å². The highest BCUT2D eigenvalue weighted by atomic mass is 16.6. The molecule has 0 bridgehead atoms. The Kier molecular flexibility index (Phi) is 3.55. The van der Waals surface area contributed by atoms with Gasteiger partial charge in [-0.2, -0.15) is 5.10 Å². The van der Waals surface area contributed by atoms with Crippen LogP contribution in [-0.4, -0.2) is 25.8 Å². The molecule has 1 saturated carbocycles. The predicted molar refractivity (Wildman–Crippen MR) is 67.0 cm³/mol. The first-order chi connectivity index (χ1) is 9.01. The summed E-state index contributed by atoms with van der Waals surface area (Å²) < 4.78 is 1.37. The summed E-state index contributed by atoms with van der Waals surface area (Å²) in [5.74, 6) is -0.913. The first-order valence-electron chi connectivity index (χ1n) is 6.48. The first-order valence-corrected chi connectivity index (χ1v) is 6.48. The molecule has 104 valence electrons. The van der Waals surface area contributed by atoms with Crippen molar-refractivity contribution in [1.82, 2.24) is 9.78 Å². The van der Waals surface area contributed by atoms with E-state index >= 15 is 0 Å². The Balaban J connectivity index is 2.55. The van der Waals surface area contributed by atoms with Crippen LogP contribution in [0.5, 0.6) is 0 Å². The lowest BCUT2D eigenvalue weighted by Gasteiger charge is -2.14. The van der Waals surface area contributed by atoms with Crippen molar-refractivity contribution in [2.75, 3.05) is 0 Å². The van der Waals surface area contributed by atoms with Crippen LogP contribution in [0.25, 0.3) is 0 Å². The van der Waals surface area contributed by atoms with Crippen LogP contribution in [0.2, 0.25) is 0 Å². The van der Waals surface area contributed by atoms with Crippen molar-refractivity contribution in [2.45, 2.75) is 45.6 Å². The second-order valence-electron chi connectivity index (χ2n) is 4.77. The minimum atomic E-state index is -0.961. The smallest absolute Gasteiger partial charge is 0.328 e. The van der Waals surface area contributed by atoms with Gasteiger partial charge >= 0.3 is 11.7 Å². The Labute approximate surface area is 110 Å². The number of aromatic nitrogens is 2. The SMILES string of the molecule is CCc1nn(C(C(=O)O)C2CC2)c(CC)c1[N+](=O)[O-]. The highest BCUT2D eigenvalue weighted by Crippen LogP contribution is 2.41. The largest absolute Gasteiger partial charge is 0.480 e. The predicted octanol–water partition coefficient (Wildman–Crippen LogP) is 1.95. The first kappa shape index (κ1) is 13.5. The van der Waals surface area contributed by atoms with Crippen LogP contribution in [0, 0.1) is 16.0 Å². The molecular weight excluding hydrogens is 250 g/mol. The molecule has 0 aromatic carbocycles. The lowest BCUT2D eigenvalue weighted by Crippen LogP contribution is -2.24. The van der Waals surface area contributed by atoms with E-state index in [1.54, 1.807) is 13.8 Å². The zero-order chi connectivity index (χ0) is 14.2. The number of carboxylic acids is 1. The summed E-state index contributed by atoms with van der Waals surface area (Å²) in [6.07, 6.45) is 2.51. The Morgan fingerprint density at radius 1 is 1.53 bits per heavy atom. The second kappa shape index (κ2) is 4.99. The minimum absolute atomic E-state index is 0.0168.